The number of amides is 2. The molecule has 1 aromatic rings. The number of carbonyl (C=O) groups excluding carboxylic acids is 2. The summed E-state index contributed by atoms with van der Waals surface area (Å²) in [5.74, 6) is -3.11. The Balaban J connectivity index is 0.00000506. The number of hydrogen-bond donors (Lipinski definition) is 1. The van der Waals surface area contributed by atoms with E-state index in [0.717, 1.165) is 31.7 Å². The van der Waals surface area contributed by atoms with Crippen LogP contribution in [0.25, 0.3) is 0 Å². The molecule has 4 rings (SSSR count). The number of likely N-dealkylation sites (N-methyl/N-ethyl adjacent to an activating group) is 2. The van der Waals surface area contributed by atoms with Crippen molar-refractivity contribution in [3.63, 3.8) is 0 Å². The molecular weight excluding hydrogens is 598 g/mol. The van der Waals surface area contributed by atoms with Crippen LogP contribution in [0.4, 0.5) is 8.78 Å². The maximum Gasteiger partial charge on any atom is 0.319 e. The van der Waals surface area contributed by atoms with E-state index in [1.165, 1.54) is 25.4 Å². The van der Waals surface area contributed by atoms with E-state index in [2.05, 4.69) is 24.1 Å². The van der Waals surface area contributed by atoms with Gasteiger partial charge < -0.3 is 5.32 Å². The molecule has 0 bridgehead atoms. The fourth-order valence-electron chi connectivity index (χ4n) is 7.67. The predicted molar refractivity (Wildman–Crippen MR) is 166 cm³/mol. The van der Waals surface area contributed by atoms with Gasteiger partial charge in [-0.1, -0.05) is 19.9 Å². The molecule has 1 N–H and O–H groups in total. The van der Waals surface area contributed by atoms with Gasteiger partial charge in [-0.3, -0.25) is 14.2 Å². The van der Waals surface area contributed by atoms with Gasteiger partial charge in [-0.25, -0.2) is 22.0 Å². The van der Waals surface area contributed by atoms with Crippen molar-refractivity contribution in [2.45, 2.75) is 96.3 Å². The van der Waals surface area contributed by atoms with Gasteiger partial charge in [0.15, 0.2) is 6.04 Å². The van der Waals surface area contributed by atoms with E-state index >= 15 is 4.39 Å². The van der Waals surface area contributed by atoms with Crippen LogP contribution in [0.2, 0.25) is 0 Å². The van der Waals surface area contributed by atoms with Crippen molar-refractivity contribution in [3.8, 4) is 0 Å². The summed E-state index contributed by atoms with van der Waals surface area (Å²) >= 11 is 0. The Labute approximate surface area is 262 Å². The van der Waals surface area contributed by atoms with Crippen molar-refractivity contribution in [3.05, 3.63) is 35.4 Å². The average Bonchev–Trinajstić information content (AvgIpc) is 3.46. The van der Waals surface area contributed by atoms with E-state index in [-0.39, 0.29) is 64.2 Å². The molecular formula is C31H50ClF2N4O4S+. The monoisotopic (exact) mass is 647 g/mol. The maximum absolute atomic E-state index is 15.1. The van der Waals surface area contributed by atoms with Gasteiger partial charge in [-0.2, -0.15) is 4.31 Å². The van der Waals surface area contributed by atoms with Crippen LogP contribution in [0.5, 0.6) is 0 Å². The van der Waals surface area contributed by atoms with E-state index in [1.54, 1.807) is 11.4 Å². The lowest BCUT2D eigenvalue weighted by atomic mass is 9.75. The molecule has 5 atom stereocenters. The lowest BCUT2D eigenvalue weighted by Gasteiger charge is -2.41. The molecule has 0 aromatic heterocycles. The third kappa shape index (κ3) is 7.27. The highest BCUT2D eigenvalue weighted by Crippen LogP contribution is 2.44. The van der Waals surface area contributed by atoms with E-state index in [9.17, 15) is 22.4 Å². The zero-order valence-electron chi connectivity index (χ0n) is 26.8. The fraction of sp³-hybridized carbons (Fsp3) is 0.742. The Morgan fingerprint density at radius 1 is 1.09 bits per heavy atom. The Kier molecular flexibility index (Phi) is 10.5. The first-order chi connectivity index (χ1) is 19.3. The van der Waals surface area contributed by atoms with Crippen molar-refractivity contribution in [2.75, 3.05) is 40.0 Å². The summed E-state index contributed by atoms with van der Waals surface area (Å²) in [4.78, 5) is 30.2. The van der Waals surface area contributed by atoms with Crippen LogP contribution < -0.4 is 5.32 Å². The van der Waals surface area contributed by atoms with Crippen LogP contribution in [0.15, 0.2) is 18.2 Å². The standard InChI is InChI=1S/C31H48F2N4O4S.ClH/c1-30(2,3)35-17-24(23-10-9-20(32)15-26(23)33)25(18-35)29(39)37(7)19-22(16-27(37)28(38)34-6)36(42(8,40)41)21-11-13-31(4,5)14-12-21;/h9-10,15,21-22,24-25,27H,11-14,16-19H2,1-8H3;1H/p+1/t22-,24-,25+,27-,37?;/m0./s1. The smallest absolute Gasteiger partial charge is 0.319 e. The first kappa shape index (κ1) is 35.8. The average molecular weight is 648 g/mol. The molecule has 0 radical (unpaired) electrons. The molecule has 3 aliphatic rings. The van der Waals surface area contributed by atoms with Crippen molar-refractivity contribution in [1.29, 1.82) is 0 Å². The highest BCUT2D eigenvalue weighted by atomic mass is 35.5. The highest BCUT2D eigenvalue weighted by Gasteiger charge is 2.59. The Bertz CT molecular complexity index is 1310. The zero-order valence-corrected chi connectivity index (χ0v) is 28.5. The first-order valence-corrected chi connectivity index (χ1v) is 16.9. The zero-order chi connectivity index (χ0) is 31.4. The number of sulfonamides is 1. The summed E-state index contributed by atoms with van der Waals surface area (Å²) in [6, 6.07) is 1.98. The van der Waals surface area contributed by atoms with Crippen LogP contribution in [0, 0.1) is 23.0 Å². The van der Waals surface area contributed by atoms with Crippen molar-refractivity contribution >= 4 is 34.2 Å². The van der Waals surface area contributed by atoms with Crippen LogP contribution >= 0.6 is 12.4 Å². The molecule has 0 spiro atoms. The van der Waals surface area contributed by atoms with E-state index in [1.807, 2.05) is 20.8 Å². The topological polar surface area (TPSA) is 86.8 Å². The van der Waals surface area contributed by atoms with Gasteiger partial charge in [-0.05, 0) is 63.5 Å². The molecule has 1 unspecified atom stereocenters. The van der Waals surface area contributed by atoms with Gasteiger partial charge in [-0.15, -0.1) is 12.4 Å². The quantitative estimate of drug-likeness (QED) is 0.466. The predicted octanol–water partition coefficient (Wildman–Crippen LogP) is 4.29. The Morgan fingerprint density at radius 2 is 1.70 bits per heavy atom. The number of quaternary nitrogens is 1. The van der Waals surface area contributed by atoms with E-state index in [4.69, 9.17) is 0 Å². The molecule has 1 aliphatic carbocycles. The summed E-state index contributed by atoms with van der Waals surface area (Å²) in [6.45, 7) is 11.4. The summed E-state index contributed by atoms with van der Waals surface area (Å²) < 4.78 is 56.8. The first-order valence-electron chi connectivity index (χ1n) is 15.1. The number of carbonyl (C=O) groups is 2. The van der Waals surface area contributed by atoms with Gasteiger partial charge in [0, 0.05) is 50.1 Å². The molecule has 2 heterocycles. The Morgan fingerprint density at radius 3 is 2.21 bits per heavy atom. The van der Waals surface area contributed by atoms with Gasteiger partial charge in [0.1, 0.15) is 18.2 Å². The second kappa shape index (κ2) is 12.6. The molecule has 2 amide bonds. The third-order valence-electron chi connectivity index (χ3n) is 10.2. The second-order valence-corrected chi connectivity index (χ2v) is 16.6. The number of halogens is 3. The summed E-state index contributed by atoms with van der Waals surface area (Å²) in [7, 11) is -0.390. The summed E-state index contributed by atoms with van der Waals surface area (Å²) in [5.41, 5.74) is 0.118. The van der Waals surface area contributed by atoms with Gasteiger partial charge >= 0.3 is 5.91 Å². The lowest BCUT2D eigenvalue weighted by Crippen LogP contribution is -2.61. The molecule has 3 fully saturated rings. The number of benzene rings is 1. The largest absolute Gasteiger partial charge is 0.354 e. The van der Waals surface area contributed by atoms with Gasteiger partial charge in [0.05, 0.1) is 25.3 Å². The summed E-state index contributed by atoms with van der Waals surface area (Å²) in [5, 5.41) is 2.70. The Hall–Kier alpha value is -1.66. The molecule has 8 nitrogen and oxygen atoms in total. The van der Waals surface area contributed by atoms with Gasteiger partial charge in [0.25, 0.3) is 5.91 Å². The van der Waals surface area contributed by atoms with E-state index in [0.29, 0.717) is 13.1 Å². The second-order valence-electron chi connectivity index (χ2n) is 14.8. The number of rotatable bonds is 6. The molecule has 2 aliphatic heterocycles. The normalized spacial score (nSPS) is 30.3. The van der Waals surface area contributed by atoms with Crippen molar-refractivity contribution < 1.29 is 31.3 Å². The molecule has 1 saturated carbocycles. The minimum atomic E-state index is -3.64. The van der Waals surface area contributed by atoms with Crippen LogP contribution in [0.3, 0.4) is 0 Å². The maximum atomic E-state index is 15.1. The molecule has 12 heteroatoms. The van der Waals surface area contributed by atoms with Crippen molar-refractivity contribution in [1.82, 2.24) is 14.5 Å². The highest BCUT2D eigenvalue weighted by molar-refractivity contribution is 7.88. The van der Waals surface area contributed by atoms with Crippen LogP contribution in [-0.4, -0.2) is 97.6 Å². The molecule has 2 saturated heterocycles. The van der Waals surface area contributed by atoms with Gasteiger partial charge in [0.2, 0.25) is 10.0 Å². The number of nitrogens with zero attached hydrogens (tertiary/aromatic N) is 3. The fourth-order valence-corrected chi connectivity index (χ4v) is 9.11. The van der Waals surface area contributed by atoms with Crippen LogP contribution in [-0.2, 0) is 19.6 Å². The minimum absolute atomic E-state index is 0. The lowest BCUT2D eigenvalue weighted by molar-refractivity contribution is -0.840. The number of hydrogen-bond acceptors (Lipinski definition) is 5. The third-order valence-corrected chi connectivity index (χ3v) is 11.5. The SMILES string of the molecule is CNC(=O)[C@@H]1C[C@H](N(C2CCC(C)(C)CC2)S(C)(=O)=O)C[N+]1(C)C(=O)[C@@H]1CN(C(C)(C)C)C[C@H]1c1ccc(F)cc1F.Cl. The molecule has 43 heavy (non-hydrogen) atoms. The minimum Gasteiger partial charge on any atom is -0.354 e. The number of likely N-dealkylation sites (tertiary alicyclic amines) is 2. The summed E-state index contributed by atoms with van der Waals surface area (Å²) in [6.07, 6.45) is 4.70. The van der Waals surface area contributed by atoms with Crippen LogP contribution in [0.1, 0.15) is 78.2 Å². The number of nitrogens with one attached hydrogen (secondary N) is 1. The molecule has 244 valence electrons. The van der Waals surface area contributed by atoms with E-state index < -0.39 is 45.6 Å². The van der Waals surface area contributed by atoms with Crippen molar-refractivity contribution in [2.24, 2.45) is 11.3 Å². The molecule has 1 aromatic carbocycles.